The molecular formula is C50H30N4O. The van der Waals surface area contributed by atoms with Gasteiger partial charge in [0.1, 0.15) is 5.58 Å². The molecule has 0 aliphatic heterocycles. The zero-order valence-electron chi connectivity index (χ0n) is 29.5. The molecule has 0 aliphatic carbocycles. The Bertz CT molecular complexity index is 3480. The van der Waals surface area contributed by atoms with Gasteiger partial charge in [0.25, 0.3) is 0 Å². The van der Waals surface area contributed by atoms with E-state index >= 15 is 0 Å². The second-order valence-corrected chi connectivity index (χ2v) is 14.2. The van der Waals surface area contributed by atoms with Gasteiger partial charge in [0.2, 0.25) is 11.7 Å². The third-order valence-electron chi connectivity index (χ3n) is 11.1. The molecule has 0 atom stereocenters. The van der Waals surface area contributed by atoms with E-state index in [-0.39, 0.29) is 0 Å². The Kier molecular flexibility index (Phi) is 6.27. The lowest BCUT2D eigenvalue weighted by Crippen LogP contribution is -2.02. The maximum absolute atomic E-state index is 6.59. The third-order valence-corrected chi connectivity index (χ3v) is 11.1. The Morgan fingerprint density at radius 1 is 0.382 bits per heavy atom. The molecule has 55 heavy (non-hydrogen) atoms. The summed E-state index contributed by atoms with van der Waals surface area (Å²) < 4.78 is 11.1. The van der Waals surface area contributed by atoms with Crippen molar-refractivity contribution in [2.24, 2.45) is 0 Å². The first-order valence-electron chi connectivity index (χ1n) is 18.6. The predicted molar refractivity (Wildman–Crippen MR) is 226 cm³/mol. The van der Waals surface area contributed by atoms with Gasteiger partial charge < -0.3 is 8.98 Å². The summed E-state index contributed by atoms with van der Waals surface area (Å²) >= 11 is 0. The highest BCUT2D eigenvalue weighted by atomic mass is 16.3. The van der Waals surface area contributed by atoms with E-state index < -0.39 is 0 Å². The lowest BCUT2D eigenvalue weighted by Gasteiger charge is -2.10. The molecule has 4 heterocycles. The molecule has 0 amide bonds. The fourth-order valence-corrected chi connectivity index (χ4v) is 8.63. The van der Waals surface area contributed by atoms with Gasteiger partial charge in [-0.3, -0.25) is 4.57 Å². The van der Waals surface area contributed by atoms with Crippen LogP contribution in [-0.4, -0.2) is 19.1 Å². The molecule has 4 aromatic heterocycles. The quantitative estimate of drug-likeness (QED) is 0.183. The van der Waals surface area contributed by atoms with Crippen LogP contribution in [0, 0.1) is 0 Å². The number of hydrogen-bond acceptors (Lipinski definition) is 3. The first kappa shape index (κ1) is 30.0. The van der Waals surface area contributed by atoms with Gasteiger partial charge in [-0.2, -0.15) is 4.98 Å². The van der Waals surface area contributed by atoms with Gasteiger partial charge in [-0.1, -0.05) is 121 Å². The van der Waals surface area contributed by atoms with Crippen molar-refractivity contribution in [3.63, 3.8) is 0 Å². The minimum Gasteiger partial charge on any atom is -0.437 e. The highest BCUT2D eigenvalue weighted by Crippen LogP contribution is 2.41. The maximum Gasteiger partial charge on any atom is 0.238 e. The fourth-order valence-electron chi connectivity index (χ4n) is 8.63. The van der Waals surface area contributed by atoms with Gasteiger partial charge in [0, 0.05) is 38.2 Å². The van der Waals surface area contributed by atoms with Crippen molar-refractivity contribution < 1.29 is 4.42 Å². The largest absolute Gasteiger partial charge is 0.437 e. The first-order valence-corrected chi connectivity index (χ1v) is 18.6. The summed E-state index contributed by atoms with van der Waals surface area (Å²) in [6.45, 7) is 0. The number of nitrogens with zero attached hydrogens (tertiary/aromatic N) is 4. The van der Waals surface area contributed by atoms with Gasteiger partial charge in [-0.15, -0.1) is 0 Å². The maximum atomic E-state index is 6.59. The lowest BCUT2D eigenvalue weighted by molar-refractivity contribution is 0.652. The molecule has 0 N–H and O–H groups in total. The number of hydrogen-bond donors (Lipinski definition) is 0. The van der Waals surface area contributed by atoms with Gasteiger partial charge in [-0.25, -0.2) is 4.98 Å². The molecule has 0 bridgehead atoms. The molecule has 0 aliphatic rings. The minimum absolute atomic E-state index is 0.569. The molecule has 12 aromatic rings. The van der Waals surface area contributed by atoms with E-state index in [0.29, 0.717) is 11.7 Å². The summed E-state index contributed by atoms with van der Waals surface area (Å²) in [7, 11) is 0. The summed E-state index contributed by atoms with van der Waals surface area (Å²) in [4.78, 5) is 10.6. The molecular weight excluding hydrogens is 673 g/mol. The van der Waals surface area contributed by atoms with E-state index in [1.54, 1.807) is 0 Å². The Morgan fingerprint density at radius 3 is 1.62 bits per heavy atom. The summed E-state index contributed by atoms with van der Waals surface area (Å²) in [5, 5.41) is 8.96. The van der Waals surface area contributed by atoms with Crippen molar-refractivity contribution in [3.05, 3.63) is 182 Å². The Hall–Kier alpha value is -7.50. The van der Waals surface area contributed by atoms with Crippen molar-refractivity contribution in [2.75, 3.05) is 0 Å². The van der Waals surface area contributed by atoms with Gasteiger partial charge >= 0.3 is 0 Å². The van der Waals surface area contributed by atoms with Crippen LogP contribution in [0.25, 0.3) is 110 Å². The molecule has 0 spiro atoms. The zero-order chi connectivity index (χ0) is 36.0. The summed E-state index contributed by atoms with van der Waals surface area (Å²) in [6, 6.07) is 64.4. The van der Waals surface area contributed by atoms with Crippen molar-refractivity contribution >= 4 is 76.5 Å². The van der Waals surface area contributed by atoms with Crippen molar-refractivity contribution in [1.29, 1.82) is 0 Å². The third kappa shape index (κ3) is 4.47. The van der Waals surface area contributed by atoms with Crippen molar-refractivity contribution in [3.8, 4) is 34.0 Å². The monoisotopic (exact) mass is 702 g/mol. The van der Waals surface area contributed by atoms with Gasteiger partial charge in [0.15, 0.2) is 0 Å². The summed E-state index contributed by atoms with van der Waals surface area (Å²) in [5.41, 5.74) is 11.2. The van der Waals surface area contributed by atoms with Crippen LogP contribution in [0.5, 0.6) is 0 Å². The summed E-state index contributed by atoms with van der Waals surface area (Å²) in [6.07, 6.45) is 0. The minimum atomic E-state index is 0.569. The van der Waals surface area contributed by atoms with E-state index in [1.165, 1.54) is 27.4 Å². The average molecular weight is 703 g/mol. The molecule has 0 saturated carbocycles. The van der Waals surface area contributed by atoms with Crippen LogP contribution >= 0.6 is 0 Å². The topological polar surface area (TPSA) is 48.8 Å². The Labute approximate surface area is 315 Å². The number of rotatable bonds is 4. The van der Waals surface area contributed by atoms with E-state index in [2.05, 4.69) is 185 Å². The lowest BCUT2D eigenvalue weighted by atomic mass is 10.0. The van der Waals surface area contributed by atoms with E-state index in [1.807, 2.05) is 6.07 Å². The molecule has 256 valence electrons. The van der Waals surface area contributed by atoms with Gasteiger partial charge in [0.05, 0.1) is 33.1 Å². The van der Waals surface area contributed by atoms with Crippen LogP contribution in [0.3, 0.4) is 0 Å². The van der Waals surface area contributed by atoms with E-state index in [4.69, 9.17) is 14.4 Å². The molecule has 12 rings (SSSR count). The van der Waals surface area contributed by atoms with Crippen LogP contribution in [0.4, 0.5) is 0 Å². The summed E-state index contributed by atoms with van der Waals surface area (Å²) in [5.74, 6) is 0.573. The number of aromatic nitrogens is 4. The molecule has 0 unspecified atom stereocenters. The molecule has 8 aromatic carbocycles. The van der Waals surface area contributed by atoms with Crippen LogP contribution in [-0.2, 0) is 0 Å². The van der Waals surface area contributed by atoms with E-state index in [9.17, 15) is 0 Å². The smallest absolute Gasteiger partial charge is 0.238 e. The van der Waals surface area contributed by atoms with Crippen LogP contribution in [0.2, 0.25) is 0 Å². The highest BCUT2D eigenvalue weighted by Gasteiger charge is 2.22. The van der Waals surface area contributed by atoms with Gasteiger partial charge in [-0.05, 0) is 82.6 Å². The Morgan fingerprint density at radius 2 is 0.927 bits per heavy atom. The van der Waals surface area contributed by atoms with Crippen LogP contribution in [0.15, 0.2) is 186 Å². The molecule has 5 nitrogen and oxygen atoms in total. The fraction of sp³-hybridized carbons (Fsp3) is 0. The number of furan rings is 1. The first-order chi connectivity index (χ1) is 27.3. The standard InChI is InChI=1S/C50H30N4O/c1-3-13-31(14-4-1)48-47-41-29-32-15-7-8-16-33(32)30-46(41)55-49(47)52-50(51-48)54-43-22-12-10-20-38(43)40-28-35(24-26-45(40)54)34-23-25-44-39(27-34)37-19-9-11-21-42(37)53(44)36-17-5-2-6-18-36/h1-30H. The Balaban J connectivity index is 1.08. The van der Waals surface area contributed by atoms with E-state index in [0.717, 1.165) is 71.4 Å². The number of fused-ring (bicyclic) bond motifs is 10. The molecule has 0 saturated heterocycles. The molecule has 5 heteroatoms. The molecule has 0 radical (unpaired) electrons. The second-order valence-electron chi connectivity index (χ2n) is 14.2. The molecule has 0 fully saturated rings. The number of benzene rings is 8. The predicted octanol–water partition coefficient (Wildman–Crippen LogP) is 13.1. The van der Waals surface area contributed by atoms with Crippen molar-refractivity contribution in [2.45, 2.75) is 0 Å². The normalized spacial score (nSPS) is 12.0. The van der Waals surface area contributed by atoms with Crippen molar-refractivity contribution in [1.82, 2.24) is 19.1 Å². The zero-order valence-corrected chi connectivity index (χ0v) is 29.5. The SMILES string of the molecule is c1ccc(-c2nc(-n3c4ccccc4c4cc(-c5ccc6c(c5)c5ccccc5n6-c5ccccc5)ccc43)nc3oc4cc5ccccc5cc4c23)cc1. The van der Waals surface area contributed by atoms with Crippen LogP contribution < -0.4 is 0 Å². The average Bonchev–Trinajstić information content (AvgIpc) is 3.89. The number of para-hydroxylation sites is 3. The van der Waals surface area contributed by atoms with Crippen LogP contribution in [0.1, 0.15) is 0 Å². The highest BCUT2D eigenvalue weighted by molar-refractivity contribution is 6.15. The second kappa shape index (κ2) is 11.5.